The van der Waals surface area contributed by atoms with Gasteiger partial charge in [0.1, 0.15) is 17.2 Å². The van der Waals surface area contributed by atoms with Crippen molar-refractivity contribution in [3.05, 3.63) is 47.2 Å². The van der Waals surface area contributed by atoms with E-state index in [1.165, 1.54) is 26.4 Å². The number of aromatic nitrogens is 2. The number of ether oxygens (including phenoxy) is 2. The molecule has 3 atom stereocenters. The van der Waals surface area contributed by atoms with Crippen LogP contribution in [0.25, 0.3) is 0 Å². The van der Waals surface area contributed by atoms with Crippen molar-refractivity contribution in [2.24, 2.45) is 11.8 Å². The van der Waals surface area contributed by atoms with Gasteiger partial charge in [-0.3, -0.25) is 4.90 Å². The van der Waals surface area contributed by atoms with E-state index in [2.05, 4.69) is 14.9 Å². The van der Waals surface area contributed by atoms with E-state index in [4.69, 9.17) is 9.47 Å². The molecule has 1 N–H and O–H groups in total. The summed E-state index contributed by atoms with van der Waals surface area (Å²) in [5, 5.41) is 11.7. The molecule has 0 amide bonds. The number of nitrogens with zero attached hydrogens (tertiary/aromatic N) is 3. The van der Waals surface area contributed by atoms with Gasteiger partial charge in [0.05, 0.1) is 19.8 Å². The van der Waals surface area contributed by atoms with E-state index in [9.17, 15) is 13.9 Å². The summed E-state index contributed by atoms with van der Waals surface area (Å²) in [6.45, 7) is 1.74. The first-order chi connectivity index (χ1) is 13.9. The maximum absolute atomic E-state index is 14.1. The predicted molar refractivity (Wildman–Crippen MR) is 101 cm³/mol. The largest absolute Gasteiger partial charge is 0.481 e. The highest BCUT2D eigenvalue weighted by atomic mass is 19.1. The summed E-state index contributed by atoms with van der Waals surface area (Å²) in [6, 6.07) is 3.85. The second-order valence-corrected chi connectivity index (χ2v) is 7.89. The number of benzene rings is 1. The number of methoxy groups -OCH3 is 2. The second-order valence-electron chi connectivity index (χ2n) is 7.89. The van der Waals surface area contributed by atoms with Gasteiger partial charge in [-0.25, -0.2) is 13.8 Å². The van der Waals surface area contributed by atoms with Crippen molar-refractivity contribution in [3.8, 4) is 11.9 Å². The topological polar surface area (TPSA) is 67.7 Å². The zero-order valence-electron chi connectivity index (χ0n) is 16.6. The van der Waals surface area contributed by atoms with Crippen molar-refractivity contribution in [2.45, 2.75) is 31.4 Å². The molecule has 0 unspecified atom stereocenters. The Labute approximate surface area is 168 Å². The van der Waals surface area contributed by atoms with E-state index < -0.39 is 17.2 Å². The van der Waals surface area contributed by atoms with E-state index in [1.807, 2.05) is 0 Å². The molecule has 1 aromatic heterocycles. The molecule has 2 aromatic rings. The van der Waals surface area contributed by atoms with Crippen LogP contribution in [0.2, 0.25) is 0 Å². The summed E-state index contributed by atoms with van der Waals surface area (Å²) in [7, 11) is 2.98. The summed E-state index contributed by atoms with van der Waals surface area (Å²) in [6.07, 6.45) is 4.02. The van der Waals surface area contributed by atoms with E-state index >= 15 is 0 Å². The molecule has 1 saturated carbocycles. The Morgan fingerprint density at radius 2 is 2.07 bits per heavy atom. The Morgan fingerprint density at radius 1 is 1.24 bits per heavy atom. The lowest BCUT2D eigenvalue weighted by Gasteiger charge is -2.41. The Kier molecular flexibility index (Phi) is 5.40. The number of rotatable bonds is 5. The van der Waals surface area contributed by atoms with E-state index in [-0.39, 0.29) is 17.8 Å². The van der Waals surface area contributed by atoms with Gasteiger partial charge in [-0.15, -0.1) is 0 Å². The summed E-state index contributed by atoms with van der Waals surface area (Å²) < 4.78 is 37.8. The molecule has 29 heavy (non-hydrogen) atoms. The Bertz CT molecular complexity index is 897. The van der Waals surface area contributed by atoms with Crippen LogP contribution in [0, 0.1) is 23.5 Å². The molecule has 1 aliphatic carbocycles. The molecule has 2 aliphatic rings. The van der Waals surface area contributed by atoms with Crippen LogP contribution in [-0.4, -0.2) is 47.3 Å². The van der Waals surface area contributed by atoms with Crippen LogP contribution in [0.5, 0.6) is 11.9 Å². The first-order valence-electron chi connectivity index (χ1n) is 9.78. The van der Waals surface area contributed by atoms with Gasteiger partial charge in [0.25, 0.3) is 0 Å². The summed E-state index contributed by atoms with van der Waals surface area (Å²) in [5.41, 5.74) is -0.111. The van der Waals surface area contributed by atoms with E-state index in [1.54, 1.807) is 6.20 Å². The van der Waals surface area contributed by atoms with Crippen molar-refractivity contribution in [1.82, 2.24) is 14.9 Å². The highest BCUT2D eigenvalue weighted by Gasteiger charge is 2.51. The van der Waals surface area contributed by atoms with Crippen molar-refractivity contribution < 1.29 is 23.4 Å². The van der Waals surface area contributed by atoms with Crippen LogP contribution in [0.4, 0.5) is 8.78 Å². The maximum Gasteiger partial charge on any atom is 0.319 e. The van der Waals surface area contributed by atoms with Crippen molar-refractivity contribution >= 4 is 0 Å². The average molecular weight is 405 g/mol. The first-order valence-corrected chi connectivity index (χ1v) is 9.78. The van der Waals surface area contributed by atoms with Gasteiger partial charge in [0.2, 0.25) is 5.88 Å². The van der Waals surface area contributed by atoms with Gasteiger partial charge in [0.15, 0.2) is 0 Å². The van der Waals surface area contributed by atoms with Gasteiger partial charge >= 0.3 is 6.01 Å². The van der Waals surface area contributed by atoms with Gasteiger partial charge in [-0.2, -0.15) is 4.98 Å². The first kappa shape index (κ1) is 20.0. The SMILES string of the molecule is COc1ncc([C@]2(O)CCC[C@@H]3CN(Cc4ccc(F)cc4F)C[C@@H]32)c(OC)n1. The zero-order valence-corrected chi connectivity index (χ0v) is 16.6. The van der Waals surface area contributed by atoms with Gasteiger partial charge in [0, 0.05) is 43.4 Å². The molecular formula is C21H25F2N3O3. The normalized spacial score (nSPS) is 26.9. The van der Waals surface area contributed by atoms with Gasteiger partial charge < -0.3 is 14.6 Å². The van der Waals surface area contributed by atoms with E-state index in [0.29, 0.717) is 36.5 Å². The quantitative estimate of drug-likeness (QED) is 0.825. The molecule has 1 saturated heterocycles. The lowest BCUT2D eigenvalue weighted by molar-refractivity contribution is -0.0669. The minimum Gasteiger partial charge on any atom is -0.481 e. The number of hydrogen-bond donors (Lipinski definition) is 1. The Morgan fingerprint density at radius 3 is 2.79 bits per heavy atom. The fourth-order valence-electron chi connectivity index (χ4n) is 4.87. The Hall–Kier alpha value is -2.32. The number of likely N-dealkylation sites (tertiary alicyclic amines) is 1. The van der Waals surface area contributed by atoms with Crippen LogP contribution in [0.15, 0.2) is 24.4 Å². The van der Waals surface area contributed by atoms with Gasteiger partial charge in [-0.1, -0.05) is 6.07 Å². The third kappa shape index (κ3) is 3.67. The molecule has 2 fully saturated rings. The van der Waals surface area contributed by atoms with Crippen LogP contribution in [0.3, 0.4) is 0 Å². The van der Waals surface area contributed by atoms with Crippen LogP contribution in [0.1, 0.15) is 30.4 Å². The third-order valence-corrected chi connectivity index (χ3v) is 6.25. The smallest absolute Gasteiger partial charge is 0.319 e. The highest BCUT2D eigenvalue weighted by molar-refractivity contribution is 5.33. The summed E-state index contributed by atoms with van der Waals surface area (Å²) in [4.78, 5) is 10.5. The lowest BCUT2D eigenvalue weighted by Crippen LogP contribution is -2.43. The molecule has 6 nitrogen and oxygen atoms in total. The second kappa shape index (κ2) is 7.84. The molecule has 0 radical (unpaired) electrons. The molecule has 1 aromatic carbocycles. The Balaban J connectivity index is 1.59. The molecule has 1 aliphatic heterocycles. The molecule has 2 heterocycles. The van der Waals surface area contributed by atoms with Crippen LogP contribution < -0.4 is 9.47 Å². The van der Waals surface area contributed by atoms with Gasteiger partial charge in [-0.05, 0) is 31.2 Å². The zero-order chi connectivity index (χ0) is 20.6. The number of hydrogen-bond acceptors (Lipinski definition) is 6. The van der Waals surface area contributed by atoms with E-state index in [0.717, 1.165) is 25.5 Å². The molecule has 156 valence electrons. The fraction of sp³-hybridized carbons (Fsp3) is 0.524. The summed E-state index contributed by atoms with van der Waals surface area (Å²) >= 11 is 0. The van der Waals surface area contributed by atoms with Crippen molar-refractivity contribution in [2.75, 3.05) is 27.3 Å². The fourth-order valence-corrected chi connectivity index (χ4v) is 4.87. The number of fused-ring (bicyclic) bond motifs is 1. The summed E-state index contributed by atoms with van der Waals surface area (Å²) in [5.74, 6) is -0.597. The molecular weight excluding hydrogens is 380 g/mol. The minimum atomic E-state index is -1.13. The third-order valence-electron chi connectivity index (χ3n) is 6.25. The predicted octanol–water partition coefficient (Wildman–Crippen LogP) is 2.89. The molecule has 0 bridgehead atoms. The van der Waals surface area contributed by atoms with Crippen LogP contribution in [-0.2, 0) is 12.1 Å². The number of halogens is 2. The maximum atomic E-state index is 14.1. The standard InChI is InChI=1S/C21H25F2N3O3/c1-28-19-16(9-24-20(25-19)29-2)21(27)7-3-4-13-10-26(12-17(13)21)11-14-5-6-15(22)8-18(14)23/h5-6,8-9,13,17,27H,3-4,7,10-12H2,1-2H3/t13-,17+,21-/m1/s1. The molecule has 4 rings (SSSR count). The lowest BCUT2D eigenvalue weighted by atomic mass is 9.68. The van der Waals surface area contributed by atoms with Crippen LogP contribution >= 0.6 is 0 Å². The van der Waals surface area contributed by atoms with Crippen molar-refractivity contribution in [1.29, 1.82) is 0 Å². The average Bonchev–Trinajstić information content (AvgIpc) is 3.14. The monoisotopic (exact) mass is 405 g/mol. The van der Waals surface area contributed by atoms with Crippen molar-refractivity contribution in [3.63, 3.8) is 0 Å². The number of aliphatic hydroxyl groups is 1. The molecule has 8 heteroatoms. The minimum absolute atomic E-state index is 0.0503. The highest BCUT2D eigenvalue weighted by Crippen LogP contribution is 2.50. The molecule has 0 spiro atoms.